The van der Waals surface area contributed by atoms with Crippen molar-refractivity contribution in [2.75, 3.05) is 24.7 Å². The lowest BCUT2D eigenvalue weighted by molar-refractivity contribution is 0.0985. The van der Waals surface area contributed by atoms with E-state index in [0.29, 0.717) is 24.9 Å². The largest absolute Gasteiger partial charge is 0.444 e. The van der Waals surface area contributed by atoms with Crippen molar-refractivity contribution >= 4 is 33.3 Å². The first-order valence-corrected chi connectivity index (χ1v) is 10.6. The fraction of sp³-hybridized carbons (Fsp3) is 0.421. The summed E-state index contributed by atoms with van der Waals surface area (Å²) in [6, 6.07) is 5.90. The van der Waals surface area contributed by atoms with Gasteiger partial charge in [-0.2, -0.15) is 10.6 Å². The Labute approximate surface area is 164 Å². The number of aromatic nitrogens is 4. The molecule has 1 unspecified atom stereocenters. The van der Waals surface area contributed by atoms with E-state index in [1.807, 2.05) is 24.4 Å². The van der Waals surface area contributed by atoms with E-state index in [0.717, 1.165) is 41.8 Å². The van der Waals surface area contributed by atoms with Crippen LogP contribution in [0.5, 0.6) is 0 Å². The Morgan fingerprint density at radius 1 is 1.32 bits per heavy atom. The van der Waals surface area contributed by atoms with Crippen LogP contribution in [0.2, 0.25) is 0 Å². The van der Waals surface area contributed by atoms with E-state index in [1.54, 1.807) is 6.20 Å². The van der Waals surface area contributed by atoms with Gasteiger partial charge in [0.25, 0.3) is 0 Å². The minimum Gasteiger partial charge on any atom is -0.444 e. The molecule has 0 radical (unpaired) electrons. The van der Waals surface area contributed by atoms with Crippen LogP contribution in [-0.2, 0) is 19.5 Å². The normalized spacial score (nSPS) is 21.3. The SMILES string of the molecule is CC1COCCN1c1cc(N=[S-](=O)C2CC2)nc(-c2ccnc3[nH]ccc23)n1. The first-order valence-electron chi connectivity index (χ1n) is 9.47. The van der Waals surface area contributed by atoms with Crippen LogP contribution in [0.4, 0.5) is 11.6 Å². The third kappa shape index (κ3) is 3.35. The number of nitrogens with one attached hydrogen (secondary N) is 1. The Morgan fingerprint density at radius 3 is 3.04 bits per heavy atom. The van der Waals surface area contributed by atoms with Gasteiger partial charge >= 0.3 is 0 Å². The van der Waals surface area contributed by atoms with Crippen LogP contribution in [0.3, 0.4) is 0 Å². The Kier molecular flexibility index (Phi) is 4.48. The highest BCUT2D eigenvalue weighted by Crippen LogP contribution is 2.31. The number of rotatable bonds is 4. The second-order valence-corrected chi connectivity index (χ2v) is 8.59. The molecule has 0 amide bonds. The Bertz CT molecular complexity index is 1100. The summed E-state index contributed by atoms with van der Waals surface area (Å²) in [5.41, 5.74) is 1.66. The van der Waals surface area contributed by atoms with Gasteiger partial charge < -0.3 is 23.2 Å². The molecule has 1 saturated carbocycles. The van der Waals surface area contributed by atoms with E-state index in [4.69, 9.17) is 9.72 Å². The van der Waals surface area contributed by atoms with Crippen molar-refractivity contribution in [1.82, 2.24) is 19.9 Å². The van der Waals surface area contributed by atoms with Gasteiger partial charge in [-0.05, 0) is 19.1 Å². The Balaban J connectivity index is 1.65. The van der Waals surface area contributed by atoms with E-state index in [2.05, 4.69) is 31.1 Å². The molecule has 146 valence electrons. The van der Waals surface area contributed by atoms with E-state index < -0.39 is 10.6 Å². The van der Waals surface area contributed by atoms with E-state index in [1.165, 1.54) is 0 Å². The van der Waals surface area contributed by atoms with Gasteiger partial charge in [0.1, 0.15) is 17.3 Å². The van der Waals surface area contributed by atoms with Gasteiger partial charge in [-0.1, -0.05) is 18.1 Å². The fourth-order valence-electron chi connectivity index (χ4n) is 3.40. The van der Waals surface area contributed by atoms with Gasteiger partial charge in [0.15, 0.2) is 5.82 Å². The number of H-pyrrole nitrogens is 1. The van der Waals surface area contributed by atoms with E-state index in [9.17, 15) is 4.21 Å². The van der Waals surface area contributed by atoms with Gasteiger partial charge in [-0.15, -0.1) is 0 Å². The molecule has 0 aromatic carbocycles. The van der Waals surface area contributed by atoms with Gasteiger partial charge in [-0.3, -0.25) is 0 Å². The zero-order valence-corrected chi connectivity index (χ0v) is 16.4. The van der Waals surface area contributed by atoms with Gasteiger partial charge in [0.05, 0.1) is 19.3 Å². The summed E-state index contributed by atoms with van der Waals surface area (Å²) < 4.78 is 22.3. The second-order valence-electron chi connectivity index (χ2n) is 7.19. The van der Waals surface area contributed by atoms with Crippen molar-refractivity contribution in [2.45, 2.75) is 31.1 Å². The van der Waals surface area contributed by atoms with Gasteiger partial charge in [0.2, 0.25) is 0 Å². The maximum atomic E-state index is 12.4. The molecule has 1 N–H and O–H groups in total. The second kappa shape index (κ2) is 7.14. The van der Waals surface area contributed by atoms with Crippen molar-refractivity contribution in [3.05, 3.63) is 30.6 Å². The lowest BCUT2D eigenvalue weighted by Crippen LogP contribution is -2.44. The van der Waals surface area contributed by atoms with Gasteiger partial charge in [0, 0.05) is 36.0 Å². The van der Waals surface area contributed by atoms with E-state index in [-0.39, 0.29) is 11.3 Å². The van der Waals surface area contributed by atoms with Crippen LogP contribution >= 0.6 is 0 Å². The molecule has 2 fully saturated rings. The fourth-order valence-corrected chi connectivity index (χ4v) is 4.36. The summed E-state index contributed by atoms with van der Waals surface area (Å²) in [6.45, 7) is 4.16. The van der Waals surface area contributed by atoms with Crippen LogP contribution in [-0.4, -0.2) is 51.0 Å². The molecular weight excluding hydrogens is 376 g/mol. The smallest absolute Gasteiger partial charge is 0.164 e. The molecule has 8 nitrogen and oxygen atoms in total. The predicted molar refractivity (Wildman–Crippen MR) is 108 cm³/mol. The predicted octanol–water partition coefficient (Wildman–Crippen LogP) is 3.19. The number of hydrogen-bond donors (Lipinski definition) is 1. The van der Waals surface area contributed by atoms with E-state index >= 15 is 0 Å². The Hall–Kier alpha value is -2.52. The number of fused-ring (bicyclic) bond motifs is 1. The Morgan fingerprint density at radius 2 is 2.21 bits per heavy atom. The van der Waals surface area contributed by atoms with Crippen LogP contribution in [0.15, 0.2) is 35.0 Å². The molecule has 0 bridgehead atoms. The number of pyridine rings is 1. The van der Waals surface area contributed by atoms with Crippen LogP contribution in [0, 0.1) is 0 Å². The summed E-state index contributed by atoms with van der Waals surface area (Å²) in [5.74, 6) is 1.81. The van der Waals surface area contributed by atoms with Crippen molar-refractivity contribution in [3.8, 4) is 11.4 Å². The molecule has 28 heavy (non-hydrogen) atoms. The summed E-state index contributed by atoms with van der Waals surface area (Å²) in [6.07, 6.45) is 5.52. The van der Waals surface area contributed by atoms with Crippen LogP contribution in [0.25, 0.3) is 22.4 Å². The summed E-state index contributed by atoms with van der Waals surface area (Å²) >= 11 is 0. The monoisotopic (exact) mass is 397 g/mol. The van der Waals surface area contributed by atoms with Crippen molar-refractivity contribution < 1.29 is 8.95 Å². The highest BCUT2D eigenvalue weighted by Gasteiger charge is 2.22. The lowest BCUT2D eigenvalue weighted by atomic mass is 10.1. The first kappa shape index (κ1) is 17.6. The van der Waals surface area contributed by atoms with Crippen molar-refractivity contribution in [3.63, 3.8) is 0 Å². The highest BCUT2D eigenvalue weighted by molar-refractivity contribution is 7.76. The third-order valence-corrected chi connectivity index (χ3v) is 6.46. The first-order chi connectivity index (χ1) is 13.7. The number of morpholine rings is 1. The minimum absolute atomic E-state index is 0.168. The topological polar surface area (TPSA) is 96.4 Å². The zero-order valence-electron chi connectivity index (χ0n) is 15.5. The van der Waals surface area contributed by atoms with Crippen molar-refractivity contribution in [1.29, 1.82) is 0 Å². The van der Waals surface area contributed by atoms with Crippen LogP contribution < -0.4 is 4.90 Å². The van der Waals surface area contributed by atoms with Crippen LogP contribution in [0.1, 0.15) is 19.8 Å². The molecule has 1 aliphatic carbocycles. The average Bonchev–Trinajstić information content (AvgIpc) is 3.45. The van der Waals surface area contributed by atoms with Crippen molar-refractivity contribution in [2.24, 2.45) is 4.36 Å². The standard InChI is InChI=1S/C19H21N6O2S/c1-12-11-27-9-8-25(12)17-10-16(24-28(26)13-2-3-13)22-19(23-17)15-5-7-21-18-14(15)4-6-20-18/h4-7,10,12-13H,2-3,8-9,11H2,1H3,(H,20,21)/q-1. The number of nitrogens with zero attached hydrogens (tertiary/aromatic N) is 5. The minimum atomic E-state index is -1.24. The molecule has 1 saturated heterocycles. The highest BCUT2D eigenvalue weighted by atomic mass is 32.2. The molecule has 2 aliphatic rings. The molecule has 1 atom stereocenters. The molecule has 0 spiro atoms. The molecular formula is C19H21N6O2S-. The third-order valence-electron chi connectivity index (χ3n) is 5.06. The summed E-state index contributed by atoms with van der Waals surface area (Å²) in [5, 5.41) is 1.12. The molecule has 3 aromatic rings. The summed E-state index contributed by atoms with van der Waals surface area (Å²) in [7, 11) is -1.24. The quantitative estimate of drug-likeness (QED) is 0.679. The molecule has 1 aliphatic heterocycles. The average molecular weight is 397 g/mol. The molecule has 5 rings (SSSR count). The molecule has 9 heteroatoms. The zero-order chi connectivity index (χ0) is 19.1. The maximum Gasteiger partial charge on any atom is 0.164 e. The van der Waals surface area contributed by atoms with Gasteiger partial charge in [-0.25, -0.2) is 15.0 Å². The number of ether oxygens (including phenoxy) is 1. The number of anilines is 1. The lowest BCUT2D eigenvalue weighted by Gasteiger charge is -2.34. The number of hydrogen-bond acceptors (Lipinski definition) is 8. The molecule has 4 heterocycles. The summed E-state index contributed by atoms with van der Waals surface area (Å²) in [4.78, 5) is 19.1. The maximum absolute atomic E-state index is 12.4. The number of aromatic amines is 1. The molecule has 3 aromatic heterocycles.